The summed E-state index contributed by atoms with van der Waals surface area (Å²) in [6.07, 6.45) is 2.51. The summed E-state index contributed by atoms with van der Waals surface area (Å²) < 4.78 is 10.3. The van der Waals surface area contributed by atoms with Gasteiger partial charge >= 0.3 is 0 Å². The van der Waals surface area contributed by atoms with E-state index in [4.69, 9.17) is 20.8 Å². The van der Waals surface area contributed by atoms with E-state index in [1.165, 1.54) is 6.20 Å². The summed E-state index contributed by atoms with van der Waals surface area (Å²) in [5.41, 5.74) is 0. The second kappa shape index (κ2) is 2.83. The van der Waals surface area contributed by atoms with Crippen molar-refractivity contribution in [3.8, 4) is 0 Å². The van der Waals surface area contributed by atoms with Crippen LogP contribution < -0.4 is 0 Å². The number of oxazole rings is 1. The highest BCUT2D eigenvalue weighted by Crippen LogP contribution is 2.25. The van der Waals surface area contributed by atoms with Crippen molar-refractivity contribution >= 4 is 11.6 Å². The van der Waals surface area contributed by atoms with Crippen molar-refractivity contribution < 1.29 is 9.15 Å². The molecule has 0 bridgehead atoms. The first-order valence-electron chi connectivity index (χ1n) is 3.55. The van der Waals surface area contributed by atoms with Gasteiger partial charge in [-0.25, -0.2) is 4.98 Å². The van der Waals surface area contributed by atoms with Gasteiger partial charge in [0.05, 0.1) is 18.7 Å². The molecule has 0 radical (unpaired) electrons. The minimum absolute atomic E-state index is 0.308. The molecule has 1 atom stereocenters. The molecule has 3 nitrogen and oxygen atoms in total. The first kappa shape index (κ1) is 7.13. The van der Waals surface area contributed by atoms with Crippen molar-refractivity contribution in [1.82, 2.24) is 4.98 Å². The molecule has 1 fully saturated rings. The third-order valence-corrected chi connectivity index (χ3v) is 1.95. The number of hydrogen-bond acceptors (Lipinski definition) is 3. The quantitative estimate of drug-likeness (QED) is 0.650. The smallest absolute Gasteiger partial charge is 0.213 e. The van der Waals surface area contributed by atoms with E-state index < -0.39 is 0 Å². The molecule has 11 heavy (non-hydrogen) atoms. The van der Waals surface area contributed by atoms with Crippen molar-refractivity contribution in [1.29, 1.82) is 0 Å². The minimum atomic E-state index is 0.308. The average Bonchev–Trinajstić information content (AvgIpc) is 2.55. The fourth-order valence-electron chi connectivity index (χ4n) is 1.18. The first-order valence-corrected chi connectivity index (χ1v) is 3.93. The Bertz CT molecular complexity index is 242. The molecule has 0 amide bonds. The van der Waals surface area contributed by atoms with Crippen LogP contribution in [0.3, 0.4) is 0 Å². The van der Waals surface area contributed by atoms with E-state index in [0.29, 0.717) is 23.6 Å². The van der Waals surface area contributed by atoms with Crippen LogP contribution in [-0.4, -0.2) is 18.2 Å². The van der Waals surface area contributed by atoms with Gasteiger partial charge in [0, 0.05) is 6.61 Å². The molecular formula is C7H8ClNO2. The van der Waals surface area contributed by atoms with Crippen LogP contribution >= 0.6 is 11.6 Å². The van der Waals surface area contributed by atoms with Gasteiger partial charge in [0.15, 0.2) is 0 Å². The van der Waals surface area contributed by atoms with Crippen LogP contribution in [0, 0.1) is 0 Å². The Labute approximate surface area is 69.3 Å². The van der Waals surface area contributed by atoms with Gasteiger partial charge in [-0.2, -0.15) is 0 Å². The van der Waals surface area contributed by atoms with Crippen LogP contribution in [0.4, 0.5) is 0 Å². The fraction of sp³-hybridized carbons (Fsp3) is 0.571. The molecule has 1 aromatic heterocycles. The molecule has 0 spiro atoms. The van der Waals surface area contributed by atoms with Crippen molar-refractivity contribution in [2.45, 2.75) is 12.3 Å². The largest absolute Gasteiger partial charge is 0.429 e. The summed E-state index contributed by atoms with van der Waals surface area (Å²) in [7, 11) is 0. The molecule has 4 heteroatoms. The maximum absolute atomic E-state index is 5.57. The number of rotatable bonds is 1. The molecule has 1 aliphatic rings. The lowest BCUT2D eigenvalue weighted by Gasteiger charge is -1.98. The normalized spacial score (nSPS) is 24.3. The molecule has 0 aromatic carbocycles. The predicted octanol–water partition coefficient (Wildman–Crippen LogP) is 1.83. The maximum atomic E-state index is 5.57. The van der Waals surface area contributed by atoms with Gasteiger partial charge in [0.1, 0.15) is 0 Å². The Morgan fingerprint density at radius 3 is 3.09 bits per heavy atom. The van der Waals surface area contributed by atoms with E-state index in [0.717, 1.165) is 13.0 Å². The van der Waals surface area contributed by atoms with Crippen LogP contribution in [0.2, 0.25) is 5.22 Å². The maximum Gasteiger partial charge on any atom is 0.213 e. The van der Waals surface area contributed by atoms with Gasteiger partial charge in [0.25, 0.3) is 0 Å². The molecule has 60 valence electrons. The summed E-state index contributed by atoms with van der Waals surface area (Å²) in [6, 6.07) is 0. The molecule has 0 saturated carbocycles. The zero-order chi connectivity index (χ0) is 7.68. The lowest BCUT2D eigenvalue weighted by Crippen LogP contribution is -1.96. The third-order valence-electron chi connectivity index (χ3n) is 1.77. The molecule has 2 rings (SSSR count). The zero-order valence-corrected chi connectivity index (χ0v) is 6.67. The lowest BCUT2D eigenvalue weighted by atomic mass is 10.1. The summed E-state index contributed by atoms with van der Waals surface area (Å²) in [6.45, 7) is 1.50. The van der Waals surface area contributed by atoms with E-state index >= 15 is 0 Å². The van der Waals surface area contributed by atoms with Crippen molar-refractivity contribution in [3.05, 3.63) is 17.3 Å². The molecule has 1 aliphatic heterocycles. The highest BCUT2D eigenvalue weighted by Gasteiger charge is 2.22. The number of ether oxygens (including phenoxy) is 1. The average molecular weight is 174 g/mol. The lowest BCUT2D eigenvalue weighted by molar-refractivity contribution is 0.190. The highest BCUT2D eigenvalue weighted by atomic mass is 35.5. The minimum Gasteiger partial charge on any atom is -0.429 e. The topological polar surface area (TPSA) is 35.3 Å². The van der Waals surface area contributed by atoms with E-state index in [1.54, 1.807) is 0 Å². The van der Waals surface area contributed by atoms with Gasteiger partial charge in [-0.05, 0) is 18.0 Å². The highest BCUT2D eigenvalue weighted by molar-refractivity contribution is 6.28. The Hall–Kier alpha value is -0.540. The molecule has 2 heterocycles. The second-order valence-corrected chi connectivity index (χ2v) is 2.94. The summed E-state index contributed by atoms with van der Waals surface area (Å²) in [5.74, 6) is 1.01. The van der Waals surface area contributed by atoms with Crippen molar-refractivity contribution in [2.75, 3.05) is 13.2 Å². The van der Waals surface area contributed by atoms with E-state index in [1.807, 2.05) is 0 Å². The molecule has 0 N–H and O–H groups in total. The van der Waals surface area contributed by atoms with Crippen molar-refractivity contribution in [3.63, 3.8) is 0 Å². The number of nitrogens with zero attached hydrogens (tertiary/aromatic N) is 1. The summed E-state index contributed by atoms with van der Waals surface area (Å²) in [5, 5.41) is 0.354. The van der Waals surface area contributed by atoms with Crippen LogP contribution in [-0.2, 0) is 4.74 Å². The van der Waals surface area contributed by atoms with E-state index in [-0.39, 0.29) is 0 Å². The number of hydrogen-bond donors (Lipinski definition) is 0. The Kier molecular flexibility index (Phi) is 1.84. The number of halogens is 1. The van der Waals surface area contributed by atoms with Crippen molar-refractivity contribution in [2.24, 2.45) is 0 Å². The SMILES string of the molecule is Clc1cnc(C2CCOC2)o1. The van der Waals surface area contributed by atoms with Crippen LogP contribution in [0.1, 0.15) is 18.2 Å². The molecule has 1 saturated heterocycles. The molecule has 0 aliphatic carbocycles. The van der Waals surface area contributed by atoms with E-state index in [2.05, 4.69) is 4.98 Å². The standard InChI is InChI=1S/C7H8ClNO2/c8-6-3-9-7(11-6)5-1-2-10-4-5/h3,5H,1-2,4H2. The van der Waals surface area contributed by atoms with E-state index in [9.17, 15) is 0 Å². The zero-order valence-electron chi connectivity index (χ0n) is 5.92. The van der Waals surface area contributed by atoms with Crippen LogP contribution in [0.5, 0.6) is 0 Å². The van der Waals surface area contributed by atoms with Gasteiger partial charge in [-0.3, -0.25) is 0 Å². The molecular weight excluding hydrogens is 166 g/mol. The Balaban J connectivity index is 2.15. The molecule has 1 aromatic rings. The van der Waals surface area contributed by atoms with Gasteiger partial charge in [-0.1, -0.05) is 0 Å². The van der Waals surface area contributed by atoms with Gasteiger partial charge in [-0.15, -0.1) is 0 Å². The fourth-order valence-corrected chi connectivity index (χ4v) is 1.31. The second-order valence-electron chi connectivity index (χ2n) is 2.56. The Morgan fingerprint density at radius 2 is 2.55 bits per heavy atom. The van der Waals surface area contributed by atoms with Gasteiger partial charge < -0.3 is 9.15 Å². The van der Waals surface area contributed by atoms with Crippen LogP contribution in [0.15, 0.2) is 10.6 Å². The first-order chi connectivity index (χ1) is 5.36. The van der Waals surface area contributed by atoms with Gasteiger partial charge in [0.2, 0.25) is 11.1 Å². The van der Waals surface area contributed by atoms with Crippen LogP contribution in [0.25, 0.3) is 0 Å². The monoisotopic (exact) mass is 173 g/mol. The summed E-state index contributed by atoms with van der Waals surface area (Å²) >= 11 is 5.57. The third kappa shape index (κ3) is 1.39. The number of aromatic nitrogens is 1. The predicted molar refractivity (Wildman–Crippen MR) is 39.7 cm³/mol. The Morgan fingerprint density at radius 1 is 1.64 bits per heavy atom. The summed E-state index contributed by atoms with van der Waals surface area (Å²) in [4.78, 5) is 4.02. The molecule has 1 unspecified atom stereocenters.